The molecule has 0 saturated carbocycles. The van der Waals surface area contributed by atoms with Crippen LogP contribution in [-0.4, -0.2) is 19.3 Å². The first-order valence-corrected chi connectivity index (χ1v) is 8.59. The molecule has 0 aliphatic rings. The maximum atomic E-state index is 12.0. The fraction of sp³-hybridized carbons (Fsp3) is 0. The Morgan fingerprint density at radius 3 is 2.41 bits per heavy atom. The molecular weight excluding hydrogens is 322 g/mol. The first-order valence-electron chi connectivity index (χ1n) is 6.29. The van der Waals surface area contributed by atoms with Crippen LogP contribution in [0.4, 0.5) is 0 Å². The van der Waals surface area contributed by atoms with Crippen LogP contribution in [0.5, 0.6) is 0 Å². The Balaban J connectivity index is 1.75. The molecule has 112 valence electrons. The summed E-state index contributed by atoms with van der Waals surface area (Å²) in [6.45, 7) is 0. The Bertz CT molecular complexity index is 888. The number of hydrazine groups is 1. The number of benzene rings is 2. The van der Waals surface area contributed by atoms with Crippen LogP contribution in [0.1, 0.15) is 9.80 Å². The maximum Gasteiger partial charge on any atom is 0.295 e. The lowest BCUT2D eigenvalue weighted by Gasteiger charge is -2.06. The lowest BCUT2D eigenvalue weighted by atomic mass is 10.3. The molecule has 3 aromatic rings. The molecule has 0 fully saturated rings. The van der Waals surface area contributed by atoms with Gasteiger partial charge in [-0.1, -0.05) is 30.3 Å². The van der Waals surface area contributed by atoms with Crippen LogP contribution < -0.4 is 10.3 Å². The normalized spacial score (nSPS) is 11.5. The lowest BCUT2D eigenvalue weighted by Crippen LogP contribution is -2.41. The molecule has 22 heavy (non-hydrogen) atoms. The van der Waals surface area contributed by atoms with E-state index in [9.17, 15) is 13.2 Å². The average Bonchev–Trinajstić information content (AvgIpc) is 2.98. The smallest absolute Gasteiger partial charge is 0.271 e. The van der Waals surface area contributed by atoms with Gasteiger partial charge in [-0.05, 0) is 24.3 Å². The summed E-state index contributed by atoms with van der Waals surface area (Å²) in [5, 5.41) is 0.192. The standard InChI is InChI=1S/C14H11N3O3S2/c18-13(14-15-11-8-4-5-9-12(11)21-14)16-17-22(19,20)10-6-2-1-3-7-10/h1-9,17H,(H,16,18). The van der Waals surface area contributed by atoms with Crippen molar-refractivity contribution in [2.24, 2.45) is 0 Å². The number of fused-ring (bicyclic) bond motifs is 1. The van der Waals surface area contributed by atoms with Gasteiger partial charge in [0, 0.05) is 0 Å². The summed E-state index contributed by atoms with van der Waals surface area (Å²) >= 11 is 1.19. The highest BCUT2D eigenvalue weighted by molar-refractivity contribution is 7.89. The third-order valence-corrected chi connectivity index (χ3v) is 5.14. The van der Waals surface area contributed by atoms with E-state index >= 15 is 0 Å². The van der Waals surface area contributed by atoms with E-state index in [-0.39, 0.29) is 9.90 Å². The second-order valence-corrected chi connectivity index (χ2v) is 7.07. The highest BCUT2D eigenvalue weighted by Gasteiger charge is 2.17. The van der Waals surface area contributed by atoms with Crippen LogP contribution in [0.3, 0.4) is 0 Å². The van der Waals surface area contributed by atoms with Crippen molar-refractivity contribution in [3.8, 4) is 0 Å². The number of sulfonamides is 1. The second-order valence-electron chi connectivity index (χ2n) is 4.36. The minimum atomic E-state index is -3.80. The van der Waals surface area contributed by atoms with Gasteiger partial charge < -0.3 is 0 Å². The number of nitrogens with zero attached hydrogens (tertiary/aromatic N) is 1. The zero-order valence-corrected chi connectivity index (χ0v) is 12.8. The molecule has 3 rings (SSSR count). The van der Waals surface area contributed by atoms with E-state index in [4.69, 9.17) is 0 Å². The minimum Gasteiger partial charge on any atom is -0.271 e. The van der Waals surface area contributed by atoms with Crippen LogP contribution in [0, 0.1) is 0 Å². The van der Waals surface area contributed by atoms with Gasteiger partial charge in [-0.3, -0.25) is 10.2 Å². The summed E-state index contributed by atoms with van der Waals surface area (Å²) in [7, 11) is -3.80. The molecule has 0 spiro atoms. The van der Waals surface area contributed by atoms with Crippen LogP contribution in [0.15, 0.2) is 59.5 Å². The predicted octanol–water partition coefficient (Wildman–Crippen LogP) is 1.92. The molecule has 0 aliphatic carbocycles. The molecular formula is C14H11N3O3S2. The molecule has 0 unspecified atom stereocenters. The number of carbonyl (C=O) groups is 1. The molecule has 8 heteroatoms. The Kier molecular flexibility index (Phi) is 3.88. The van der Waals surface area contributed by atoms with Crippen molar-refractivity contribution < 1.29 is 13.2 Å². The van der Waals surface area contributed by atoms with E-state index in [0.717, 1.165) is 4.70 Å². The molecule has 0 radical (unpaired) electrons. The highest BCUT2D eigenvalue weighted by atomic mass is 32.2. The maximum absolute atomic E-state index is 12.0. The molecule has 2 aromatic carbocycles. The Morgan fingerprint density at radius 2 is 1.68 bits per heavy atom. The van der Waals surface area contributed by atoms with Gasteiger partial charge in [0.1, 0.15) is 0 Å². The first kappa shape index (κ1) is 14.6. The summed E-state index contributed by atoms with van der Waals surface area (Å²) in [5.74, 6) is -0.597. The van der Waals surface area contributed by atoms with Crippen LogP contribution in [-0.2, 0) is 10.0 Å². The summed E-state index contributed by atoms with van der Waals surface area (Å²) < 4.78 is 24.9. The first-order chi connectivity index (χ1) is 10.6. The Morgan fingerprint density at radius 1 is 1.00 bits per heavy atom. The van der Waals surface area contributed by atoms with Crippen molar-refractivity contribution in [2.75, 3.05) is 0 Å². The molecule has 0 saturated heterocycles. The number of amides is 1. The Labute approximate surface area is 130 Å². The zero-order valence-electron chi connectivity index (χ0n) is 11.2. The summed E-state index contributed by atoms with van der Waals surface area (Å²) in [6.07, 6.45) is 0. The number of hydrogen-bond acceptors (Lipinski definition) is 5. The number of rotatable bonds is 4. The van der Waals surface area contributed by atoms with E-state index in [1.54, 1.807) is 24.3 Å². The summed E-state index contributed by atoms with van der Waals surface area (Å²) in [6, 6.07) is 15.1. The topological polar surface area (TPSA) is 88.2 Å². The quantitative estimate of drug-likeness (QED) is 0.714. The number of para-hydroxylation sites is 1. The van der Waals surface area contributed by atoms with Crippen molar-refractivity contribution >= 4 is 37.5 Å². The average molecular weight is 333 g/mol. The number of aromatic nitrogens is 1. The lowest BCUT2D eigenvalue weighted by molar-refractivity contribution is 0.0945. The molecule has 2 N–H and O–H groups in total. The monoisotopic (exact) mass is 333 g/mol. The van der Waals surface area contributed by atoms with Gasteiger partial charge in [-0.2, -0.15) is 0 Å². The van der Waals surface area contributed by atoms with Gasteiger partial charge in [0.25, 0.3) is 15.9 Å². The van der Waals surface area contributed by atoms with Crippen LogP contribution in [0.2, 0.25) is 0 Å². The van der Waals surface area contributed by atoms with E-state index in [2.05, 4.69) is 15.2 Å². The number of thiazole rings is 1. The second kappa shape index (κ2) is 5.84. The molecule has 1 aromatic heterocycles. The highest BCUT2D eigenvalue weighted by Crippen LogP contribution is 2.21. The van der Waals surface area contributed by atoms with Crippen molar-refractivity contribution in [3.05, 3.63) is 59.6 Å². The molecule has 0 bridgehead atoms. The SMILES string of the molecule is O=C(NNS(=O)(=O)c1ccccc1)c1nc2ccccc2s1. The largest absolute Gasteiger partial charge is 0.295 e. The van der Waals surface area contributed by atoms with Gasteiger partial charge in [0.05, 0.1) is 15.1 Å². The summed E-state index contributed by atoms with van der Waals surface area (Å²) in [5.41, 5.74) is 2.87. The van der Waals surface area contributed by atoms with Crippen molar-refractivity contribution in [1.82, 2.24) is 15.2 Å². The van der Waals surface area contributed by atoms with E-state index in [1.807, 2.05) is 18.2 Å². The van der Waals surface area contributed by atoms with Gasteiger partial charge in [-0.25, -0.2) is 13.4 Å². The van der Waals surface area contributed by atoms with Crippen molar-refractivity contribution in [3.63, 3.8) is 0 Å². The van der Waals surface area contributed by atoms with Crippen LogP contribution in [0.25, 0.3) is 10.2 Å². The third-order valence-electron chi connectivity index (χ3n) is 2.84. The van der Waals surface area contributed by atoms with Gasteiger partial charge >= 0.3 is 0 Å². The Hall–Kier alpha value is -2.29. The van der Waals surface area contributed by atoms with E-state index in [0.29, 0.717) is 5.52 Å². The molecule has 0 aliphatic heterocycles. The molecule has 0 atom stereocenters. The fourth-order valence-corrected chi connectivity index (χ4v) is 3.52. The van der Waals surface area contributed by atoms with Gasteiger partial charge in [0.15, 0.2) is 5.01 Å². The predicted molar refractivity (Wildman–Crippen MR) is 83.8 cm³/mol. The third kappa shape index (κ3) is 2.98. The molecule has 1 amide bonds. The van der Waals surface area contributed by atoms with E-state index < -0.39 is 15.9 Å². The molecule has 1 heterocycles. The zero-order chi connectivity index (χ0) is 15.6. The minimum absolute atomic E-state index is 0.0691. The summed E-state index contributed by atoms with van der Waals surface area (Å²) in [4.78, 5) is 18.3. The number of hydrogen-bond donors (Lipinski definition) is 2. The molecule has 6 nitrogen and oxygen atoms in total. The number of nitrogens with one attached hydrogen (secondary N) is 2. The fourth-order valence-electron chi connectivity index (χ4n) is 1.79. The number of carbonyl (C=O) groups excluding carboxylic acids is 1. The van der Waals surface area contributed by atoms with E-state index in [1.165, 1.54) is 23.5 Å². The van der Waals surface area contributed by atoms with Crippen molar-refractivity contribution in [1.29, 1.82) is 0 Å². The van der Waals surface area contributed by atoms with Gasteiger partial charge in [0.2, 0.25) is 0 Å². The van der Waals surface area contributed by atoms with Gasteiger partial charge in [-0.15, -0.1) is 16.2 Å². The van der Waals surface area contributed by atoms with Crippen LogP contribution >= 0.6 is 11.3 Å². The van der Waals surface area contributed by atoms with Crippen molar-refractivity contribution in [2.45, 2.75) is 4.90 Å².